The van der Waals surface area contributed by atoms with Crippen LogP contribution in [0.2, 0.25) is 0 Å². The van der Waals surface area contributed by atoms with Crippen molar-refractivity contribution in [2.45, 2.75) is 18.9 Å². The van der Waals surface area contributed by atoms with E-state index in [4.69, 9.17) is 15.7 Å². The van der Waals surface area contributed by atoms with E-state index in [1.165, 1.54) is 6.07 Å². The number of aryl methyl sites for hydroxylation is 1. The number of amides is 1. The van der Waals surface area contributed by atoms with Gasteiger partial charge in [0.05, 0.1) is 23.5 Å². The van der Waals surface area contributed by atoms with Crippen LogP contribution >= 0.6 is 11.8 Å². The molecule has 0 radical (unpaired) electrons. The van der Waals surface area contributed by atoms with Crippen molar-refractivity contribution < 1.29 is 14.3 Å². The molecule has 1 rings (SSSR count). The van der Waals surface area contributed by atoms with Crippen LogP contribution in [0, 0.1) is 18.3 Å². The molecule has 1 amide bonds. The highest BCUT2D eigenvalue weighted by atomic mass is 32.2. The molecular weight excluding hydrogens is 266 g/mol. The Morgan fingerprint density at radius 2 is 2.26 bits per heavy atom. The maximum Gasteiger partial charge on any atom is 0.339 e. The molecule has 7 heteroatoms. The minimum Gasteiger partial charge on any atom is -0.462 e. The van der Waals surface area contributed by atoms with Crippen molar-refractivity contribution in [1.82, 2.24) is 4.98 Å². The van der Waals surface area contributed by atoms with Gasteiger partial charge < -0.3 is 10.5 Å². The third kappa shape index (κ3) is 3.96. The zero-order chi connectivity index (χ0) is 14.4. The first kappa shape index (κ1) is 15.0. The highest BCUT2D eigenvalue weighted by Gasteiger charge is 2.19. The topological polar surface area (TPSA) is 106 Å². The monoisotopic (exact) mass is 279 g/mol. The molecular formula is C12H13N3O3S. The molecule has 6 nitrogen and oxygen atoms in total. The summed E-state index contributed by atoms with van der Waals surface area (Å²) in [6.45, 7) is 3.59. The molecule has 0 aliphatic carbocycles. The number of hydrogen-bond acceptors (Lipinski definition) is 6. The molecule has 100 valence electrons. The van der Waals surface area contributed by atoms with Crippen LogP contribution in [0.15, 0.2) is 11.1 Å². The summed E-state index contributed by atoms with van der Waals surface area (Å²) in [5.74, 6) is -1.10. The summed E-state index contributed by atoms with van der Waals surface area (Å²) >= 11 is 1.03. The molecule has 1 heterocycles. The molecule has 0 unspecified atom stereocenters. The van der Waals surface area contributed by atoms with Crippen LogP contribution in [-0.2, 0) is 9.53 Å². The van der Waals surface area contributed by atoms with Gasteiger partial charge in [-0.15, -0.1) is 0 Å². The molecule has 0 atom stereocenters. The molecule has 0 bridgehead atoms. The Morgan fingerprint density at radius 3 is 2.79 bits per heavy atom. The minimum atomic E-state index is -0.578. The van der Waals surface area contributed by atoms with Crippen LogP contribution in [0.1, 0.15) is 28.5 Å². The maximum absolute atomic E-state index is 11.8. The van der Waals surface area contributed by atoms with Gasteiger partial charge in [0.15, 0.2) is 0 Å². The lowest BCUT2D eigenvalue weighted by atomic mass is 10.1. The molecule has 0 fully saturated rings. The van der Waals surface area contributed by atoms with Crippen molar-refractivity contribution in [3.8, 4) is 6.07 Å². The number of nitriles is 1. The van der Waals surface area contributed by atoms with E-state index in [-0.39, 0.29) is 23.5 Å². The Bertz CT molecular complexity index is 552. The number of nitrogens with zero attached hydrogens (tertiary/aromatic N) is 2. The van der Waals surface area contributed by atoms with Gasteiger partial charge in [0, 0.05) is 5.69 Å². The number of carbonyl (C=O) groups excluding carboxylic acids is 2. The zero-order valence-electron chi connectivity index (χ0n) is 10.6. The van der Waals surface area contributed by atoms with Crippen molar-refractivity contribution in [3.63, 3.8) is 0 Å². The predicted octanol–water partition coefficient (Wildman–Crippen LogP) is 1.02. The third-order valence-corrected chi connectivity index (χ3v) is 3.07. The van der Waals surface area contributed by atoms with Crippen molar-refractivity contribution in [3.05, 3.63) is 22.9 Å². The number of esters is 1. The number of hydrogen-bond donors (Lipinski definition) is 1. The minimum absolute atomic E-state index is 0.00655. The summed E-state index contributed by atoms with van der Waals surface area (Å²) in [6.07, 6.45) is 0. The third-order valence-electron chi connectivity index (χ3n) is 2.07. The van der Waals surface area contributed by atoms with Crippen LogP contribution in [0.5, 0.6) is 0 Å². The van der Waals surface area contributed by atoms with Crippen LogP contribution in [-0.4, -0.2) is 29.2 Å². The van der Waals surface area contributed by atoms with E-state index in [1.807, 2.05) is 6.07 Å². The Labute approximate surface area is 114 Å². The second kappa shape index (κ2) is 6.75. The molecule has 19 heavy (non-hydrogen) atoms. The highest BCUT2D eigenvalue weighted by Crippen LogP contribution is 2.24. The quantitative estimate of drug-likeness (QED) is 0.637. The average Bonchev–Trinajstić information content (AvgIpc) is 2.35. The summed E-state index contributed by atoms with van der Waals surface area (Å²) < 4.78 is 4.89. The van der Waals surface area contributed by atoms with Gasteiger partial charge in [-0.2, -0.15) is 5.26 Å². The molecule has 0 saturated carbocycles. The van der Waals surface area contributed by atoms with Gasteiger partial charge in [-0.1, -0.05) is 11.8 Å². The van der Waals surface area contributed by atoms with Gasteiger partial charge in [-0.3, -0.25) is 4.79 Å². The number of carbonyl (C=O) groups is 2. The van der Waals surface area contributed by atoms with Gasteiger partial charge in [-0.05, 0) is 19.9 Å². The molecule has 0 saturated heterocycles. The fourth-order valence-electron chi connectivity index (χ4n) is 1.37. The van der Waals surface area contributed by atoms with E-state index in [1.54, 1.807) is 13.8 Å². The lowest BCUT2D eigenvalue weighted by Crippen LogP contribution is -2.14. The second-order valence-electron chi connectivity index (χ2n) is 3.58. The Morgan fingerprint density at radius 1 is 1.58 bits per heavy atom. The molecule has 0 spiro atoms. The number of primary amides is 1. The summed E-state index contributed by atoms with van der Waals surface area (Å²) in [5.41, 5.74) is 5.88. The van der Waals surface area contributed by atoms with Gasteiger partial charge >= 0.3 is 5.97 Å². The number of aromatic nitrogens is 1. The fourth-order valence-corrected chi connectivity index (χ4v) is 2.15. The van der Waals surface area contributed by atoms with E-state index in [0.717, 1.165) is 11.8 Å². The Hall–Kier alpha value is -2.07. The summed E-state index contributed by atoms with van der Waals surface area (Å²) in [7, 11) is 0. The van der Waals surface area contributed by atoms with Gasteiger partial charge in [0.2, 0.25) is 5.91 Å². The first-order chi connectivity index (χ1) is 8.99. The SMILES string of the molecule is CCOC(=O)c1cc(C)nc(SCC(N)=O)c1C#N. The van der Waals surface area contributed by atoms with Crippen LogP contribution < -0.4 is 5.73 Å². The van der Waals surface area contributed by atoms with Gasteiger partial charge in [-0.25, -0.2) is 9.78 Å². The highest BCUT2D eigenvalue weighted by molar-refractivity contribution is 8.00. The zero-order valence-corrected chi connectivity index (χ0v) is 11.4. The molecule has 2 N–H and O–H groups in total. The predicted molar refractivity (Wildman–Crippen MR) is 69.6 cm³/mol. The number of ether oxygens (including phenoxy) is 1. The van der Waals surface area contributed by atoms with Gasteiger partial charge in [0.25, 0.3) is 0 Å². The molecule has 0 aromatic carbocycles. The lowest BCUT2D eigenvalue weighted by Gasteiger charge is -2.08. The van der Waals surface area contributed by atoms with Gasteiger partial charge in [0.1, 0.15) is 11.1 Å². The van der Waals surface area contributed by atoms with Crippen LogP contribution in [0.4, 0.5) is 0 Å². The number of rotatable bonds is 5. The first-order valence-corrected chi connectivity index (χ1v) is 6.48. The number of nitrogens with two attached hydrogens (primary N) is 1. The number of thioether (sulfide) groups is 1. The van der Waals surface area contributed by atoms with Crippen molar-refractivity contribution >= 4 is 23.6 Å². The molecule has 0 aliphatic heterocycles. The normalized spacial score (nSPS) is 9.74. The molecule has 1 aromatic heterocycles. The molecule has 0 aliphatic rings. The average molecular weight is 279 g/mol. The van der Waals surface area contributed by atoms with E-state index in [0.29, 0.717) is 10.7 Å². The summed E-state index contributed by atoms with van der Waals surface area (Å²) in [6, 6.07) is 3.41. The van der Waals surface area contributed by atoms with E-state index < -0.39 is 11.9 Å². The second-order valence-corrected chi connectivity index (χ2v) is 4.54. The van der Waals surface area contributed by atoms with Crippen molar-refractivity contribution in [1.29, 1.82) is 5.26 Å². The lowest BCUT2D eigenvalue weighted by molar-refractivity contribution is -0.115. The summed E-state index contributed by atoms with van der Waals surface area (Å²) in [4.78, 5) is 26.7. The van der Waals surface area contributed by atoms with Crippen molar-refractivity contribution in [2.24, 2.45) is 5.73 Å². The summed E-state index contributed by atoms with van der Waals surface area (Å²) in [5, 5.41) is 9.45. The van der Waals surface area contributed by atoms with Crippen LogP contribution in [0.3, 0.4) is 0 Å². The van der Waals surface area contributed by atoms with E-state index in [2.05, 4.69) is 4.98 Å². The largest absolute Gasteiger partial charge is 0.462 e. The van der Waals surface area contributed by atoms with E-state index in [9.17, 15) is 9.59 Å². The molecule has 1 aromatic rings. The first-order valence-electron chi connectivity index (χ1n) is 5.49. The van der Waals surface area contributed by atoms with Crippen molar-refractivity contribution in [2.75, 3.05) is 12.4 Å². The number of pyridine rings is 1. The maximum atomic E-state index is 11.8. The smallest absolute Gasteiger partial charge is 0.339 e. The van der Waals surface area contributed by atoms with E-state index >= 15 is 0 Å². The Kier molecular flexibility index (Phi) is 5.33. The fraction of sp³-hybridized carbons (Fsp3) is 0.333. The Balaban J connectivity index is 3.21. The van der Waals surface area contributed by atoms with Crippen LogP contribution in [0.25, 0.3) is 0 Å². The standard InChI is InChI=1S/C12H13N3O3S/c1-3-18-12(17)8-4-7(2)15-11(9(8)5-13)19-6-10(14)16/h4H,3,6H2,1-2H3,(H2,14,16).